The van der Waals surface area contributed by atoms with Crippen LogP contribution in [0.3, 0.4) is 0 Å². The molecule has 0 bridgehead atoms. The molecule has 0 rings (SSSR count). The molecule has 0 aliphatic heterocycles. The first-order valence-electron chi connectivity index (χ1n) is 3.21. The van der Waals surface area contributed by atoms with Gasteiger partial charge in [-0.2, -0.15) is 5.10 Å². The maximum atomic E-state index is 10.6. The smallest absolute Gasteiger partial charge is 0.335 e. The van der Waals surface area contributed by atoms with Crippen molar-refractivity contribution in [3.05, 3.63) is 0 Å². The Morgan fingerprint density at radius 1 is 1.50 bits per heavy atom. The zero-order valence-electron chi connectivity index (χ0n) is 6.56. The molecule has 4 nitrogen and oxygen atoms in total. The second-order valence-corrected chi connectivity index (χ2v) is 2.03. The van der Waals surface area contributed by atoms with Gasteiger partial charge in [-0.1, -0.05) is 0 Å². The average molecular weight is 143 g/mol. The fourth-order valence-electron chi connectivity index (χ4n) is 0.363. The van der Waals surface area contributed by atoms with Crippen LogP contribution in [0.5, 0.6) is 0 Å². The maximum Gasteiger partial charge on any atom is 0.335 e. The Hall–Kier alpha value is -1.06. The number of nitrogens with one attached hydrogen (secondary N) is 2. The molecule has 0 aromatic carbocycles. The van der Waals surface area contributed by atoms with Gasteiger partial charge in [0, 0.05) is 12.3 Å². The van der Waals surface area contributed by atoms with E-state index in [4.69, 9.17) is 0 Å². The number of nitrogens with zero attached hydrogens (tertiary/aromatic N) is 1. The van der Waals surface area contributed by atoms with E-state index in [1.54, 1.807) is 0 Å². The van der Waals surface area contributed by atoms with Gasteiger partial charge in [0.25, 0.3) is 0 Å². The first-order chi connectivity index (χ1) is 4.66. The number of amides is 2. The lowest BCUT2D eigenvalue weighted by Gasteiger charge is -1.99. The molecule has 0 aromatic heterocycles. The second-order valence-electron chi connectivity index (χ2n) is 2.03. The number of rotatable bonds is 2. The Labute approximate surface area is 60.7 Å². The van der Waals surface area contributed by atoms with Crippen molar-refractivity contribution >= 4 is 11.7 Å². The molecule has 0 unspecified atom stereocenters. The molecule has 58 valence electrons. The Balaban J connectivity index is 3.49. The molecule has 2 N–H and O–H groups in total. The van der Waals surface area contributed by atoms with Gasteiger partial charge in [-0.15, -0.1) is 0 Å². The minimum atomic E-state index is -0.260. The highest BCUT2D eigenvalue weighted by Gasteiger charge is 1.91. The van der Waals surface area contributed by atoms with Crippen molar-refractivity contribution in [2.45, 2.75) is 20.8 Å². The van der Waals surface area contributed by atoms with E-state index in [-0.39, 0.29) is 6.03 Å². The molecule has 0 radical (unpaired) electrons. The molecule has 0 saturated carbocycles. The van der Waals surface area contributed by atoms with Gasteiger partial charge in [0.05, 0.1) is 0 Å². The van der Waals surface area contributed by atoms with Crippen molar-refractivity contribution < 1.29 is 4.79 Å². The molecule has 0 aliphatic carbocycles. The van der Waals surface area contributed by atoms with Crippen LogP contribution in [0.4, 0.5) is 4.79 Å². The summed E-state index contributed by atoms with van der Waals surface area (Å²) in [6.45, 7) is 6.09. The van der Waals surface area contributed by atoms with Crippen LogP contribution in [0.2, 0.25) is 0 Å². The van der Waals surface area contributed by atoms with E-state index >= 15 is 0 Å². The SMILES string of the molecule is CCNC(=O)NN=C(C)C. The summed E-state index contributed by atoms with van der Waals surface area (Å²) in [6.07, 6.45) is 0. The molecule has 0 fully saturated rings. The van der Waals surface area contributed by atoms with E-state index in [1.165, 1.54) is 0 Å². The summed E-state index contributed by atoms with van der Waals surface area (Å²) in [5.41, 5.74) is 3.15. The molecule has 2 amide bonds. The molecule has 0 spiro atoms. The molecular formula is C6H13N3O. The monoisotopic (exact) mass is 143 g/mol. The van der Waals surface area contributed by atoms with Gasteiger partial charge in [0.2, 0.25) is 0 Å². The molecule has 0 aliphatic rings. The van der Waals surface area contributed by atoms with Crippen LogP contribution in [-0.4, -0.2) is 18.3 Å². The first-order valence-corrected chi connectivity index (χ1v) is 3.21. The van der Waals surface area contributed by atoms with Gasteiger partial charge in [0.1, 0.15) is 0 Å². The van der Waals surface area contributed by atoms with Gasteiger partial charge in [0.15, 0.2) is 0 Å². The number of carbonyl (C=O) groups is 1. The van der Waals surface area contributed by atoms with Gasteiger partial charge in [-0.25, -0.2) is 10.2 Å². The second kappa shape index (κ2) is 4.78. The van der Waals surface area contributed by atoms with Gasteiger partial charge in [-0.05, 0) is 20.8 Å². The van der Waals surface area contributed by atoms with Crippen LogP contribution >= 0.6 is 0 Å². The lowest BCUT2D eigenvalue weighted by atomic mass is 10.5. The zero-order chi connectivity index (χ0) is 7.98. The average Bonchev–Trinajstić information content (AvgIpc) is 1.85. The normalized spacial score (nSPS) is 8.30. The van der Waals surface area contributed by atoms with Crippen LogP contribution in [0.15, 0.2) is 5.10 Å². The van der Waals surface area contributed by atoms with Crippen molar-refractivity contribution in [1.29, 1.82) is 0 Å². The van der Waals surface area contributed by atoms with Gasteiger partial charge >= 0.3 is 6.03 Å². The predicted octanol–water partition coefficient (Wildman–Crippen LogP) is 0.701. The number of urea groups is 1. The topological polar surface area (TPSA) is 53.5 Å². The third kappa shape index (κ3) is 5.08. The maximum absolute atomic E-state index is 10.6. The number of hydrazone groups is 1. The fraction of sp³-hybridized carbons (Fsp3) is 0.667. The first kappa shape index (κ1) is 8.94. The molecule has 0 saturated heterocycles. The zero-order valence-corrected chi connectivity index (χ0v) is 6.56. The number of hydrogen-bond donors (Lipinski definition) is 2. The highest BCUT2D eigenvalue weighted by atomic mass is 16.2. The largest absolute Gasteiger partial charge is 0.337 e. The Morgan fingerprint density at radius 2 is 2.10 bits per heavy atom. The number of hydrogen-bond acceptors (Lipinski definition) is 2. The fourth-order valence-corrected chi connectivity index (χ4v) is 0.363. The molecular weight excluding hydrogens is 130 g/mol. The molecule has 4 heteroatoms. The van der Waals surface area contributed by atoms with Crippen LogP contribution in [0.25, 0.3) is 0 Å². The van der Waals surface area contributed by atoms with Crippen LogP contribution in [-0.2, 0) is 0 Å². The summed E-state index contributed by atoms with van der Waals surface area (Å²) >= 11 is 0. The highest BCUT2D eigenvalue weighted by Crippen LogP contribution is 1.69. The Kier molecular flexibility index (Phi) is 4.28. The minimum absolute atomic E-state index is 0.260. The Morgan fingerprint density at radius 3 is 2.50 bits per heavy atom. The third-order valence-corrected chi connectivity index (χ3v) is 0.718. The van der Waals surface area contributed by atoms with Crippen molar-refractivity contribution in [2.75, 3.05) is 6.54 Å². The predicted molar refractivity (Wildman–Crippen MR) is 41.0 cm³/mol. The summed E-state index contributed by atoms with van der Waals surface area (Å²) in [5, 5.41) is 6.24. The van der Waals surface area contributed by atoms with E-state index in [9.17, 15) is 4.79 Å². The van der Waals surface area contributed by atoms with E-state index in [0.29, 0.717) is 6.54 Å². The summed E-state index contributed by atoms with van der Waals surface area (Å²) in [5.74, 6) is 0. The Bertz CT molecular complexity index is 138. The lowest BCUT2D eigenvalue weighted by molar-refractivity contribution is 0.242. The summed E-state index contributed by atoms with van der Waals surface area (Å²) in [6, 6.07) is -0.260. The van der Waals surface area contributed by atoms with E-state index in [1.807, 2.05) is 20.8 Å². The van der Waals surface area contributed by atoms with E-state index in [0.717, 1.165) is 5.71 Å². The number of carbonyl (C=O) groups excluding carboxylic acids is 1. The highest BCUT2D eigenvalue weighted by molar-refractivity contribution is 5.81. The quantitative estimate of drug-likeness (QED) is 0.434. The molecule has 10 heavy (non-hydrogen) atoms. The molecule has 0 heterocycles. The van der Waals surface area contributed by atoms with Crippen molar-refractivity contribution in [2.24, 2.45) is 5.10 Å². The minimum Gasteiger partial charge on any atom is -0.337 e. The van der Waals surface area contributed by atoms with Crippen molar-refractivity contribution in [3.8, 4) is 0 Å². The summed E-state index contributed by atoms with van der Waals surface area (Å²) in [4.78, 5) is 10.6. The summed E-state index contributed by atoms with van der Waals surface area (Å²) in [7, 11) is 0. The summed E-state index contributed by atoms with van der Waals surface area (Å²) < 4.78 is 0. The van der Waals surface area contributed by atoms with E-state index in [2.05, 4.69) is 15.8 Å². The van der Waals surface area contributed by atoms with Gasteiger partial charge < -0.3 is 5.32 Å². The third-order valence-electron chi connectivity index (χ3n) is 0.718. The van der Waals surface area contributed by atoms with Gasteiger partial charge in [-0.3, -0.25) is 0 Å². The van der Waals surface area contributed by atoms with Crippen molar-refractivity contribution in [1.82, 2.24) is 10.7 Å². The molecule has 0 aromatic rings. The standard InChI is InChI=1S/C6H13N3O/c1-4-7-6(10)9-8-5(2)3/h4H2,1-3H3,(H2,7,9,10). The lowest BCUT2D eigenvalue weighted by Crippen LogP contribution is -2.32. The van der Waals surface area contributed by atoms with Crippen molar-refractivity contribution in [3.63, 3.8) is 0 Å². The van der Waals surface area contributed by atoms with Crippen LogP contribution < -0.4 is 10.7 Å². The molecule has 0 atom stereocenters. The van der Waals surface area contributed by atoms with Crippen LogP contribution in [0, 0.1) is 0 Å². The van der Waals surface area contributed by atoms with E-state index < -0.39 is 0 Å². The van der Waals surface area contributed by atoms with Crippen LogP contribution in [0.1, 0.15) is 20.8 Å².